The van der Waals surface area contributed by atoms with Crippen LogP contribution in [0.25, 0.3) is 0 Å². The van der Waals surface area contributed by atoms with Gasteiger partial charge >= 0.3 is 0 Å². The molecule has 1 aromatic heterocycles. The first kappa shape index (κ1) is 13.5. The van der Waals surface area contributed by atoms with Gasteiger partial charge in [0.15, 0.2) is 6.29 Å². The Labute approximate surface area is 109 Å². The van der Waals surface area contributed by atoms with Crippen LogP contribution in [0.1, 0.15) is 18.5 Å². The lowest BCUT2D eigenvalue weighted by molar-refractivity contribution is -0.182. The zero-order valence-corrected chi connectivity index (χ0v) is 11.0. The van der Waals surface area contributed by atoms with Crippen LogP contribution in [0.3, 0.4) is 0 Å². The van der Waals surface area contributed by atoms with Gasteiger partial charge in [-0.3, -0.25) is 4.98 Å². The zero-order chi connectivity index (χ0) is 12.6. The van der Waals surface area contributed by atoms with E-state index in [4.69, 9.17) is 9.47 Å². The molecule has 1 aromatic rings. The largest absolute Gasteiger partial charge is 0.353 e. The summed E-state index contributed by atoms with van der Waals surface area (Å²) in [6, 6.07) is 6.05. The van der Waals surface area contributed by atoms with Crippen molar-refractivity contribution in [2.45, 2.75) is 25.6 Å². The van der Waals surface area contributed by atoms with E-state index in [1.165, 1.54) is 0 Å². The molecule has 0 spiro atoms. The summed E-state index contributed by atoms with van der Waals surface area (Å²) in [6.45, 7) is 3.69. The molecule has 0 saturated carbocycles. The molecule has 4 nitrogen and oxygen atoms in total. The molecular formula is C14H22N2O2. The van der Waals surface area contributed by atoms with Gasteiger partial charge in [0.05, 0.1) is 13.2 Å². The smallest absolute Gasteiger partial charge is 0.158 e. The van der Waals surface area contributed by atoms with Crippen molar-refractivity contribution in [3.63, 3.8) is 0 Å². The lowest BCUT2D eigenvalue weighted by Gasteiger charge is -2.25. The first-order valence-electron chi connectivity index (χ1n) is 6.66. The van der Waals surface area contributed by atoms with E-state index in [2.05, 4.69) is 23.0 Å². The molecular weight excluding hydrogens is 228 g/mol. The third-order valence-electron chi connectivity index (χ3n) is 3.12. The van der Waals surface area contributed by atoms with Crippen LogP contribution in [0.15, 0.2) is 24.4 Å². The number of hydrogen-bond acceptors (Lipinski definition) is 4. The monoisotopic (exact) mass is 250 g/mol. The average Bonchev–Trinajstić information content (AvgIpc) is 2.45. The second kappa shape index (κ2) is 7.46. The van der Waals surface area contributed by atoms with Gasteiger partial charge in [0.25, 0.3) is 0 Å². The molecule has 0 bridgehead atoms. The number of rotatable bonds is 6. The highest BCUT2D eigenvalue weighted by Crippen LogP contribution is 2.09. The van der Waals surface area contributed by atoms with Gasteiger partial charge in [-0.05, 0) is 25.6 Å². The summed E-state index contributed by atoms with van der Waals surface area (Å²) in [5, 5.41) is 0. The van der Waals surface area contributed by atoms with Crippen LogP contribution < -0.4 is 0 Å². The predicted octanol–water partition coefficient (Wildman–Crippen LogP) is 1.71. The van der Waals surface area contributed by atoms with Crippen molar-refractivity contribution in [2.75, 3.05) is 33.4 Å². The first-order valence-corrected chi connectivity index (χ1v) is 6.66. The fourth-order valence-electron chi connectivity index (χ4n) is 1.99. The summed E-state index contributed by atoms with van der Waals surface area (Å²) in [6.07, 6.45) is 4.80. The minimum absolute atomic E-state index is 0.00366. The number of pyridine rings is 1. The molecule has 1 saturated heterocycles. The molecule has 0 unspecified atom stereocenters. The Hall–Kier alpha value is -0.970. The maximum absolute atomic E-state index is 5.53. The van der Waals surface area contributed by atoms with Crippen molar-refractivity contribution in [1.29, 1.82) is 0 Å². The minimum atomic E-state index is -0.00366. The van der Waals surface area contributed by atoms with Crippen molar-refractivity contribution in [3.05, 3.63) is 30.1 Å². The van der Waals surface area contributed by atoms with Crippen molar-refractivity contribution < 1.29 is 9.47 Å². The molecule has 4 heteroatoms. The van der Waals surface area contributed by atoms with E-state index in [1.54, 1.807) is 0 Å². The maximum Gasteiger partial charge on any atom is 0.158 e. The highest BCUT2D eigenvalue weighted by molar-refractivity contribution is 5.03. The summed E-state index contributed by atoms with van der Waals surface area (Å²) in [5.74, 6) is 0. The van der Waals surface area contributed by atoms with Crippen LogP contribution in [0.2, 0.25) is 0 Å². The van der Waals surface area contributed by atoms with Gasteiger partial charge in [-0.15, -0.1) is 0 Å². The summed E-state index contributed by atoms with van der Waals surface area (Å²) in [7, 11) is 2.13. The average molecular weight is 250 g/mol. The molecule has 0 radical (unpaired) electrons. The first-order chi connectivity index (χ1) is 8.84. The Morgan fingerprint density at radius 2 is 2.11 bits per heavy atom. The number of nitrogens with zero attached hydrogens (tertiary/aromatic N) is 2. The normalized spacial score (nSPS) is 17.2. The third kappa shape index (κ3) is 4.72. The lowest BCUT2D eigenvalue weighted by Crippen LogP contribution is -2.31. The molecule has 1 aliphatic heterocycles. The van der Waals surface area contributed by atoms with E-state index >= 15 is 0 Å². The molecule has 2 heterocycles. The number of ether oxygens (including phenoxy) is 2. The summed E-state index contributed by atoms with van der Waals surface area (Å²) in [4.78, 5) is 6.63. The zero-order valence-electron chi connectivity index (χ0n) is 11.0. The van der Waals surface area contributed by atoms with Crippen molar-refractivity contribution >= 4 is 0 Å². The van der Waals surface area contributed by atoms with Crippen molar-refractivity contribution in [2.24, 2.45) is 0 Å². The number of hydrogen-bond donors (Lipinski definition) is 0. The van der Waals surface area contributed by atoms with Gasteiger partial charge in [0.2, 0.25) is 0 Å². The number of likely N-dealkylation sites (N-methyl/N-ethyl adjacent to an activating group) is 1. The molecule has 1 fully saturated rings. The highest BCUT2D eigenvalue weighted by Gasteiger charge is 2.14. The van der Waals surface area contributed by atoms with Gasteiger partial charge < -0.3 is 14.4 Å². The van der Waals surface area contributed by atoms with Crippen LogP contribution in [0.4, 0.5) is 0 Å². The second-order valence-electron chi connectivity index (χ2n) is 4.69. The highest BCUT2D eigenvalue weighted by atomic mass is 16.7. The van der Waals surface area contributed by atoms with E-state index in [9.17, 15) is 0 Å². The maximum atomic E-state index is 5.53. The molecule has 1 aliphatic rings. The Bertz CT molecular complexity index is 326. The molecule has 18 heavy (non-hydrogen) atoms. The van der Waals surface area contributed by atoms with Gasteiger partial charge in [0.1, 0.15) is 0 Å². The molecule has 0 aromatic carbocycles. The van der Waals surface area contributed by atoms with E-state index in [0.717, 1.165) is 51.3 Å². The fraction of sp³-hybridized carbons (Fsp3) is 0.643. The van der Waals surface area contributed by atoms with Gasteiger partial charge in [0, 0.05) is 37.8 Å². The van der Waals surface area contributed by atoms with E-state index in [0.29, 0.717) is 0 Å². The summed E-state index contributed by atoms with van der Waals surface area (Å²) >= 11 is 0. The molecule has 100 valence electrons. The predicted molar refractivity (Wildman–Crippen MR) is 70.4 cm³/mol. The molecule has 0 amide bonds. The second-order valence-corrected chi connectivity index (χ2v) is 4.69. The lowest BCUT2D eigenvalue weighted by atomic mass is 10.2. The van der Waals surface area contributed by atoms with Gasteiger partial charge in [-0.25, -0.2) is 0 Å². The van der Waals surface area contributed by atoms with Crippen molar-refractivity contribution in [1.82, 2.24) is 9.88 Å². The topological polar surface area (TPSA) is 34.6 Å². The summed E-state index contributed by atoms with van der Waals surface area (Å²) in [5.41, 5.74) is 1.15. The Balaban J connectivity index is 1.61. The summed E-state index contributed by atoms with van der Waals surface area (Å²) < 4.78 is 11.1. The fourth-order valence-corrected chi connectivity index (χ4v) is 1.99. The van der Waals surface area contributed by atoms with E-state index in [-0.39, 0.29) is 6.29 Å². The quantitative estimate of drug-likeness (QED) is 0.770. The standard InChI is InChI=1S/C14H22N2O2/c1-16(9-6-13-5-2-3-8-15-13)10-7-14-17-11-4-12-18-14/h2-3,5,8,14H,4,6-7,9-12H2,1H3. The minimum Gasteiger partial charge on any atom is -0.353 e. The molecule has 2 rings (SSSR count). The van der Waals surface area contributed by atoms with Crippen LogP contribution in [0.5, 0.6) is 0 Å². The number of aromatic nitrogens is 1. The van der Waals surface area contributed by atoms with Gasteiger partial charge in [-0.1, -0.05) is 6.07 Å². The van der Waals surface area contributed by atoms with Gasteiger partial charge in [-0.2, -0.15) is 0 Å². The third-order valence-corrected chi connectivity index (χ3v) is 3.12. The Kier molecular flexibility index (Phi) is 5.58. The van der Waals surface area contributed by atoms with E-state index < -0.39 is 0 Å². The molecule has 0 atom stereocenters. The Morgan fingerprint density at radius 3 is 2.83 bits per heavy atom. The Morgan fingerprint density at radius 1 is 1.28 bits per heavy atom. The molecule has 0 N–H and O–H groups in total. The van der Waals surface area contributed by atoms with Crippen LogP contribution in [-0.4, -0.2) is 49.5 Å². The van der Waals surface area contributed by atoms with E-state index in [1.807, 2.05) is 18.3 Å². The van der Waals surface area contributed by atoms with Crippen LogP contribution in [-0.2, 0) is 15.9 Å². The SMILES string of the molecule is CN(CCc1ccccn1)CCC1OCCCO1. The van der Waals surface area contributed by atoms with Crippen LogP contribution in [0, 0.1) is 0 Å². The molecule has 0 aliphatic carbocycles. The van der Waals surface area contributed by atoms with Crippen LogP contribution >= 0.6 is 0 Å². The van der Waals surface area contributed by atoms with Crippen molar-refractivity contribution in [3.8, 4) is 0 Å².